The molecule has 0 unspecified atom stereocenters. The molecule has 4 rings (SSSR count). The van der Waals surface area contributed by atoms with Crippen molar-refractivity contribution >= 4 is 23.4 Å². The van der Waals surface area contributed by atoms with E-state index in [0.29, 0.717) is 24.7 Å². The minimum atomic E-state index is -0.0281. The zero-order valence-corrected chi connectivity index (χ0v) is 15.4. The van der Waals surface area contributed by atoms with E-state index in [-0.39, 0.29) is 6.03 Å². The molecule has 7 heteroatoms. The highest BCUT2D eigenvalue weighted by Crippen LogP contribution is 2.23. The zero-order valence-electron chi connectivity index (χ0n) is 14.6. The van der Waals surface area contributed by atoms with Gasteiger partial charge in [0, 0.05) is 37.7 Å². The summed E-state index contributed by atoms with van der Waals surface area (Å²) in [6, 6.07) is 9.66. The van der Waals surface area contributed by atoms with Gasteiger partial charge in [-0.1, -0.05) is 23.7 Å². The van der Waals surface area contributed by atoms with Crippen LogP contribution in [-0.4, -0.2) is 47.3 Å². The number of hydrogen-bond acceptors (Lipinski definition) is 4. The highest BCUT2D eigenvalue weighted by molar-refractivity contribution is 6.30. The van der Waals surface area contributed by atoms with Gasteiger partial charge in [0.15, 0.2) is 5.82 Å². The van der Waals surface area contributed by atoms with E-state index >= 15 is 0 Å². The lowest BCUT2D eigenvalue weighted by Crippen LogP contribution is -2.52. The van der Waals surface area contributed by atoms with E-state index in [1.807, 2.05) is 29.2 Å². The van der Waals surface area contributed by atoms with Gasteiger partial charge in [0.1, 0.15) is 0 Å². The molecular formula is C19H22ClN5O. The number of carbonyl (C=O) groups excluding carboxylic acids is 1. The molecular weight excluding hydrogens is 350 g/mol. The van der Waals surface area contributed by atoms with Gasteiger partial charge in [0.25, 0.3) is 0 Å². The van der Waals surface area contributed by atoms with Crippen molar-refractivity contribution in [1.29, 1.82) is 0 Å². The number of nitrogens with one attached hydrogen (secondary N) is 1. The fraction of sp³-hybridized carbons (Fsp3) is 0.421. The van der Waals surface area contributed by atoms with Crippen LogP contribution in [0.3, 0.4) is 0 Å². The van der Waals surface area contributed by atoms with Gasteiger partial charge in [0.05, 0.1) is 5.69 Å². The summed E-state index contributed by atoms with van der Waals surface area (Å²) in [5.74, 6) is 0.937. The molecule has 2 aromatic rings. The Bertz CT molecular complexity index is 787. The standard InChI is InChI=1S/C19H22ClN5O/c20-16-6-4-14(5-7-16)13-21-19(26)25-10-8-24(9-11-25)18-12-15-2-1-3-17(15)22-23-18/h4-7,12H,1-3,8-11,13H2,(H,21,26). The van der Waals surface area contributed by atoms with Crippen LogP contribution in [0.25, 0.3) is 0 Å². The van der Waals surface area contributed by atoms with Crippen molar-refractivity contribution < 1.29 is 4.79 Å². The Kier molecular flexibility index (Phi) is 4.93. The van der Waals surface area contributed by atoms with Crippen LogP contribution in [0, 0.1) is 0 Å². The van der Waals surface area contributed by atoms with Gasteiger partial charge in [-0.15, -0.1) is 5.10 Å². The van der Waals surface area contributed by atoms with E-state index in [0.717, 1.165) is 43.0 Å². The van der Waals surface area contributed by atoms with Crippen molar-refractivity contribution in [3.05, 3.63) is 52.2 Å². The van der Waals surface area contributed by atoms with E-state index in [1.54, 1.807) is 0 Å². The van der Waals surface area contributed by atoms with Gasteiger partial charge >= 0.3 is 6.03 Å². The van der Waals surface area contributed by atoms with Crippen molar-refractivity contribution in [2.24, 2.45) is 0 Å². The number of aryl methyl sites for hydroxylation is 2. The number of hydrogen-bond donors (Lipinski definition) is 1. The molecule has 0 atom stereocenters. The summed E-state index contributed by atoms with van der Waals surface area (Å²) in [6.07, 6.45) is 3.32. The van der Waals surface area contributed by atoms with Gasteiger partial charge < -0.3 is 15.1 Å². The van der Waals surface area contributed by atoms with Crippen molar-refractivity contribution in [3.63, 3.8) is 0 Å². The maximum absolute atomic E-state index is 12.4. The second-order valence-corrected chi connectivity index (χ2v) is 7.22. The van der Waals surface area contributed by atoms with Crippen molar-refractivity contribution in [2.45, 2.75) is 25.8 Å². The number of rotatable bonds is 3. The summed E-state index contributed by atoms with van der Waals surface area (Å²) in [5.41, 5.74) is 3.52. The highest BCUT2D eigenvalue weighted by Gasteiger charge is 2.23. The molecule has 1 N–H and O–H groups in total. The SMILES string of the molecule is O=C(NCc1ccc(Cl)cc1)N1CCN(c2cc3c(nn2)CCC3)CC1. The topological polar surface area (TPSA) is 61.4 Å². The molecule has 1 fully saturated rings. The van der Waals surface area contributed by atoms with Crippen LogP contribution in [-0.2, 0) is 19.4 Å². The van der Waals surface area contributed by atoms with Crippen LogP contribution in [0.2, 0.25) is 5.02 Å². The van der Waals surface area contributed by atoms with Gasteiger partial charge in [0.2, 0.25) is 0 Å². The van der Waals surface area contributed by atoms with Crippen LogP contribution in [0.15, 0.2) is 30.3 Å². The Morgan fingerprint density at radius 2 is 1.85 bits per heavy atom. The molecule has 26 heavy (non-hydrogen) atoms. The van der Waals surface area contributed by atoms with Crippen LogP contribution in [0.1, 0.15) is 23.2 Å². The lowest BCUT2D eigenvalue weighted by atomic mass is 10.2. The van der Waals surface area contributed by atoms with Gasteiger partial charge in [-0.05, 0) is 48.6 Å². The maximum Gasteiger partial charge on any atom is 0.317 e. The lowest BCUT2D eigenvalue weighted by molar-refractivity contribution is 0.194. The van der Waals surface area contributed by atoms with Crippen molar-refractivity contribution in [2.75, 3.05) is 31.1 Å². The van der Waals surface area contributed by atoms with E-state index in [1.165, 1.54) is 12.0 Å². The number of benzene rings is 1. The number of carbonyl (C=O) groups is 1. The first kappa shape index (κ1) is 17.1. The number of nitrogens with zero attached hydrogens (tertiary/aromatic N) is 4. The van der Waals surface area contributed by atoms with Crippen LogP contribution in [0.4, 0.5) is 10.6 Å². The fourth-order valence-electron chi connectivity index (χ4n) is 3.50. The molecule has 2 heterocycles. The predicted molar refractivity (Wildman–Crippen MR) is 102 cm³/mol. The second-order valence-electron chi connectivity index (χ2n) is 6.79. The number of anilines is 1. The summed E-state index contributed by atoms with van der Waals surface area (Å²) in [5, 5.41) is 12.4. The van der Waals surface area contributed by atoms with Crippen LogP contribution < -0.4 is 10.2 Å². The average Bonchev–Trinajstić information content (AvgIpc) is 3.15. The summed E-state index contributed by atoms with van der Waals surface area (Å²) < 4.78 is 0. The van der Waals surface area contributed by atoms with Gasteiger partial charge in [-0.25, -0.2) is 4.79 Å². The Morgan fingerprint density at radius 1 is 1.08 bits per heavy atom. The average molecular weight is 372 g/mol. The van der Waals surface area contributed by atoms with E-state index in [9.17, 15) is 4.79 Å². The summed E-state index contributed by atoms with van der Waals surface area (Å²) in [4.78, 5) is 16.4. The monoisotopic (exact) mass is 371 g/mol. The molecule has 1 aliphatic heterocycles. The smallest absolute Gasteiger partial charge is 0.317 e. The summed E-state index contributed by atoms with van der Waals surface area (Å²) >= 11 is 5.88. The Hall–Kier alpha value is -2.34. The molecule has 1 aromatic heterocycles. The van der Waals surface area contributed by atoms with E-state index in [2.05, 4.69) is 26.5 Å². The molecule has 1 aromatic carbocycles. The number of fused-ring (bicyclic) bond motifs is 1. The quantitative estimate of drug-likeness (QED) is 0.901. The molecule has 0 radical (unpaired) electrons. The van der Waals surface area contributed by atoms with Crippen LogP contribution >= 0.6 is 11.6 Å². The van der Waals surface area contributed by atoms with Gasteiger partial charge in [-0.3, -0.25) is 0 Å². The molecule has 136 valence electrons. The summed E-state index contributed by atoms with van der Waals surface area (Å²) in [7, 11) is 0. The molecule has 0 spiro atoms. The number of amides is 2. The van der Waals surface area contributed by atoms with Crippen LogP contribution in [0.5, 0.6) is 0 Å². The fourth-order valence-corrected chi connectivity index (χ4v) is 3.63. The zero-order chi connectivity index (χ0) is 17.9. The molecule has 2 amide bonds. The number of urea groups is 1. The third kappa shape index (κ3) is 3.75. The molecule has 2 aliphatic rings. The van der Waals surface area contributed by atoms with Crippen molar-refractivity contribution in [3.8, 4) is 0 Å². The largest absolute Gasteiger partial charge is 0.352 e. The Balaban J connectivity index is 1.29. The molecule has 0 saturated carbocycles. The molecule has 1 saturated heterocycles. The second kappa shape index (κ2) is 7.50. The minimum Gasteiger partial charge on any atom is -0.352 e. The Morgan fingerprint density at radius 3 is 2.62 bits per heavy atom. The first-order chi connectivity index (χ1) is 12.7. The molecule has 1 aliphatic carbocycles. The predicted octanol–water partition coefficient (Wildman–Crippen LogP) is 2.65. The number of aromatic nitrogens is 2. The first-order valence-electron chi connectivity index (χ1n) is 9.07. The third-order valence-corrected chi connectivity index (χ3v) is 5.31. The number of piperazine rings is 1. The summed E-state index contributed by atoms with van der Waals surface area (Å²) in [6.45, 7) is 3.44. The maximum atomic E-state index is 12.4. The Labute approximate surface area is 158 Å². The molecule has 6 nitrogen and oxygen atoms in total. The first-order valence-corrected chi connectivity index (χ1v) is 9.44. The van der Waals surface area contributed by atoms with Crippen molar-refractivity contribution in [1.82, 2.24) is 20.4 Å². The van der Waals surface area contributed by atoms with Gasteiger partial charge in [-0.2, -0.15) is 5.10 Å². The normalized spacial score (nSPS) is 16.5. The molecule has 0 bridgehead atoms. The third-order valence-electron chi connectivity index (χ3n) is 5.05. The van der Waals surface area contributed by atoms with E-state index in [4.69, 9.17) is 11.6 Å². The lowest BCUT2D eigenvalue weighted by Gasteiger charge is -2.35. The highest BCUT2D eigenvalue weighted by atomic mass is 35.5. The number of halogens is 1. The van der Waals surface area contributed by atoms with E-state index < -0.39 is 0 Å². The minimum absolute atomic E-state index is 0.0281.